The molecule has 1 aromatic rings. The summed E-state index contributed by atoms with van der Waals surface area (Å²) in [5.74, 6) is 1.25. The normalized spacial score (nSPS) is 30.7. The Morgan fingerprint density at radius 3 is 2.57 bits per heavy atom. The zero-order chi connectivity index (χ0) is 14.8. The summed E-state index contributed by atoms with van der Waals surface area (Å²) in [5, 5.41) is 0. The summed E-state index contributed by atoms with van der Waals surface area (Å²) in [6, 6.07) is 3.81. The Hall–Kier alpha value is -0.960. The zero-order valence-electron chi connectivity index (χ0n) is 12.5. The molecule has 1 aromatic carbocycles. The van der Waals surface area contributed by atoms with Crippen LogP contribution >= 0.6 is 0 Å². The van der Waals surface area contributed by atoms with Gasteiger partial charge in [-0.25, -0.2) is 8.78 Å². The molecule has 0 bridgehead atoms. The van der Waals surface area contributed by atoms with E-state index in [1.165, 1.54) is 57.1 Å². The van der Waals surface area contributed by atoms with Crippen LogP contribution in [-0.4, -0.2) is 6.04 Å². The maximum absolute atomic E-state index is 13.8. The number of nitrogens with two attached hydrogens (primary N) is 1. The molecule has 0 saturated heterocycles. The Balaban J connectivity index is 1.61. The molecule has 2 N–H and O–H groups in total. The number of halogens is 2. The Morgan fingerprint density at radius 2 is 1.81 bits per heavy atom. The van der Waals surface area contributed by atoms with Crippen molar-refractivity contribution in [3.05, 3.63) is 35.4 Å². The summed E-state index contributed by atoms with van der Waals surface area (Å²) in [6.45, 7) is 0. The van der Waals surface area contributed by atoms with Gasteiger partial charge in [0.05, 0.1) is 0 Å². The van der Waals surface area contributed by atoms with Crippen LogP contribution in [0.2, 0.25) is 0 Å². The van der Waals surface area contributed by atoms with Gasteiger partial charge in [0, 0.05) is 12.1 Å². The minimum absolute atomic E-state index is 0.00663. The predicted molar refractivity (Wildman–Crippen MR) is 80.8 cm³/mol. The summed E-state index contributed by atoms with van der Waals surface area (Å²) in [5.41, 5.74) is 6.90. The second-order valence-electron chi connectivity index (χ2n) is 6.98. The molecular formula is C18H25F2N. The van der Waals surface area contributed by atoms with Crippen LogP contribution in [0.4, 0.5) is 8.78 Å². The van der Waals surface area contributed by atoms with Crippen molar-refractivity contribution in [2.24, 2.45) is 23.5 Å². The maximum atomic E-state index is 13.8. The molecule has 0 heterocycles. The van der Waals surface area contributed by atoms with Crippen LogP contribution in [0, 0.1) is 29.4 Å². The second-order valence-corrected chi connectivity index (χ2v) is 6.98. The number of hydrogen-bond acceptors (Lipinski definition) is 1. The topological polar surface area (TPSA) is 26.0 Å². The minimum atomic E-state index is -0.521. The molecule has 0 spiro atoms. The van der Waals surface area contributed by atoms with Gasteiger partial charge in [-0.2, -0.15) is 0 Å². The summed E-state index contributed by atoms with van der Waals surface area (Å²) in [4.78, 5) is 0. The van der Waals surface area contributed by atoms with Crippen LogP contribution in [0.5, 0.6) is 0 Å². The van der Waals surface area contributed by atoms with Gasteiger partial charge in [-0.3, -0.25) is 0 Å². The van der Waals surface area contributed by atoms with E-state index < -0.39 is 11.6 Å². The van der Waals surface area contributed by atoms with Gasteiger partial charge in [0.2, 0.25) is 0 Å². The molecule has 0 amide bonds. The van der Waals surface area contributed by atoms with Crippen LogP contribution in [0.1, 0.15) is 50.5 Å². The minimum Gasteiger partial charge on any atom is -0.327 e. The van der Waals surface area contributed by atoms with E-state index in [0.717, 1.165) is 17.9 Å². The van der Waals surface area contributed by atoms with Gasteiger partial charge in [0.1, 0.15) is 11.6 Å². The van der Waals surface area contributed by atoms with E-state index in [0.29, 0.717) is 17.9 Å². The SMILES string of the molecule is NC(Cc1ccc(F)cc1F)C1CCC2CCCCC2C1. The molecule has 2 fully saturated rings. The molecule has 3 heteroatoms. The standard InChI is InChI=1S/C18H25F2N/c19-16-8-7-14(17(20)11-16)10-18(21)15-6-5-12-3-1-2-4-13(12)9-15/h7-8,11-13,15,18H,1-6,9-10,21H2. The lowest BCUT2D eigenvalue weighted by molar-refractivity contribution is 0.117. The monoisotopic (exact) mass is 293 g/mol. The largest absolute Gasteiger partial charge is 0.327 e. The van der Waals surface area contributed by atoms with Crippen molar-refractivity contribution in [1.29, 1.82) is 0 Å². The van der Waals surface area contributed by atoms with Crippen molar-refractivity contribution in [3.63, 3.8) is 0 Å². The molecule has 4 atom stereocenters. The van der Waals surface area contributed by atoms with Gasteiger partial charge < -0.3 is 5.73 Å². The highest BCUT2D eigenvalue weighted by molar-refractivity contribution is 5.19. The van der Waals surface area contributed by atoms with E-state index in [1.54, 1.807) is 0 Å². The lowest BCUT2D eigenvalue weighted by Crippen LogP contribution is -2.39. The van der Waals surface area contributed by atoms with Crippen molar-refractivity contribution in [3.8, 4) is 0 Å². The third kappa shape index (κ3) is 3.45. The number of rotatable bonds is 3. The fourth-order valence-electron chi connectivity index (χ4n) is 4.41. The highest BCUT2D eigenvalue weighted by atomic mass is 19.1. The van der Waals surface area contributed by atoms with Crippen molar-refractivity contribution in [2.75, 3.05) is 0 Å². The molecule has 0 radical (unpaired) electrons. The predicted octanol–water partition coefficient (Wildman–Crippen LogP) is 4.44. The smallest absolute Gasteiger partial charge is 0.129 e. The van der Waals surface area contributed by atoms with Crippen LogP contribution in [0.25, 0.3) is 0 Å². The molecule has 0 aromatic heterocycles. The third-order valence-corrected chi connectivity index (χ3v) is 5.66. The Bertz CT molecular complexity index is 488. The average Bonchev–Trinajstić information content (AvgIpc) is 2.49. The molecule has 1 nitrogen and oxygen atoms in total. The quantitative estimate of drug-likeness (QED) is 0.876. The third-order valence-electron chi connectivity index (χ3n) is 5.66. The summed E-state index contributed by atoms with van der Waals surface area (Å²) in [7, 11) is 0. The number of benzene rings is 1. The molecular weight excluding hydrogens is 268 g/mol. The highest BCUT2D eigenvalue weighted by Gasteiger charge is 2.34. The first-order valence-electron chi connectivity index (χ1n) is 8.33. The molecule has 0 aliphatic heterocycles. The molecule has 4 unspecified atom stereocenters. The first kappa shape index (κ1) is 15.0. The van der Waals surface area contributed by atoms with E-state index in [4.69, 9.17) is 5.73 Å². The first-order chi connectivity index (χ1) is 10.1. The molecule has 2 aliphatic rings. The van der Waals surface area contributed by atoms with Crippen molar-refractivity contribution < 1.29 is 8.78 Å². The second kappa shape index (κ2) is 6.43. The molecule has 21 heavy (non-hydrogen) atoms. The van der Waals surface area contributed by atoms with Crippen LogP contribution in [0.15, 0.2) is 18.2 Å². The van der Waals surface area contributed by atoms with Crippen molar-refractivity contribution in [2.45, 2.75) is 57.4 Å². The van der Waals surface area contributed by atoms with Gasteiger partial charge in [-0.15, -0.1) is 0 Å². The van der Waals surface area contributed by atoms with Gasteiger partial charge >= 0.3 is 0 Å². The Kier molecular flexibility index (Phi) is 4.58. The first-order valence-corrected chi connectivity index (χ1v) is 8.33. The van der Waals surface area contributed by atoms with Crippen molar-refractivity contribution in [1.82, 2.24) is 0 Å². The molecule has 116 valence electrons. The molecule has 2 aliphatic carbocycles. The lowest BCUT2D eigenvalue weighted by Gasteiger charge is -2.41. The fourth-order valence-corrected chi connectivity index (χ4v) is 4.41. The van der Waals surface area contributed by atoms with Crippen LogP contribution in [0.3, 0.4) is 0 Å². The number of fused-ring (bicyclic) bond motifs is 1. The van der Waals surface area contributed by atoms with Gasteiger partial charge in [0.15, 0.2) is 0 Å². The van der Waals surface area contributed by atoms with Crippen LogP contribution in [-0.2, 0) is 6.42 Å². The van der Waals surface area contributed by atoms with Gasteiger partial charge in [-0.1, -0.05) is 31.7 Å². The van der Waals surface area contributed by atoms with E-state index in [1.807, 2.05) is 0 Å². The van der Waals surface area contributed by atoms with E-state index in [2.05, 4.69) is 0 Å². The van der Waals surface area contributed by atoms with Gasteiger partial charge in [-0.05, 0) is 55.1 Å². The zero-order valence-corrected chi connectivity index (χ0v) is 12.5. The van der Waals surface area contributed by atoms with Crippen LogP contribution < -0.4 is 5.73 Å². The molecule has 3 rings (SSSR count). The average molecular weight is 293 g/mol. The van der Waals surface area contributed by atoms with E-state index in [-0.39, 0.29) is 6.04 Å². The van der Waals surface area contributed by atoms with Crippen molar-refractivity contribution >= 4 is 0 Å². The molecule has 2 saturated carbocycles. The Morgan fingerprint density at radius 1 is 1.05 bits per heavy atom. The van der Waals surface area contributed by atoms with E-state index >= 15 is 0 Å². The summed E-state index contributed by atoms with van der Waals surface area (Å²) < 4.78 is 26.7. The summed E-state index contributed by atoms with van der Waals surface area (Å²) in [6.07, 6.45) is 9.66. The Labute approximate surface area is 125 Å². The maximum Gasteiger partial charge on any atom is 0.129 e. The highest BCUT2D eigenvalue weighted by Crippen LogP contribution is 2.43. The lowest BCUT2D eigenvalue weighted by atomic mass is 9.66. The summed E-state index contributed by atoms with van der Waals surface area (Å²) >= 11 is 0. The van der Waals surface area contributed by atoms with E-state index in [9.17, 15) is 8.78 Å². The fraction of sp³-hybridized carbons (Fsp3) is 0.667. The van der Waals surface area contributed by atoms with Gasteiger partial charge in [0.25, 0.3) is 0 Å². The number of hydrogen-bond donors (Lipinski definition) is 1.